The van der Waals surface area contributed by atoms with Gasteiger partial charge in [0, 0.05) is 19.0 Å². The number of amides is 1. The van der Waals surface area contributed by atoms with Crippen LogP contribution in [-0.4, -0.2) is 23.5 Å². The predicted octanol–water partition coefficient (Wildman–Crippen LogP) is 2.63. The van der Waals surface area contributed by atoms with Gasteiger partial charge in [-0.15, -0.1) is 0 Å². The van der Waals surface area contributed by atoms with Gasteiger partial charge in [0.1, 0.15) is 0 Å². The number of aryl methyl sites for hydroxylation is 1. The molecule has 0 bridgehead atoms. The molecule has 1 rings (SSSR count). The summed E-state index contributed by atoms with van der Waals surface area (Å²) < 4.78 is 0. The molecule has 0 saturated carbocycles. The number of carbonyl (C=O) groups excluding carboxylic acids is 1. The summed E-state index contributed by atoms with van der Waals surface area (Å²) in [6, 6.07) is 7.88. The highest BCUT2D eigenvalue weighted by molar-refractivity contribution is 5.91. The third-order valence-electron chi connectivity index (χ3n) is 2.95. The summed E-state index contributed by atoms with van der Waals surface area (Å²) in [4.78, 5) is 22.1. The van der Waals surface area contributed by atoms with Crippen molar-refractivity contribution in [3.63, 3.8) is 0 Å². The molecule has 0 spiro atoms. The third-order valence-corrected chi connectivity index (χ3v) is 2.95. The Hall–Kier alpha value is -2.10. The van der Waals surface area contributed by atoms with Crippen LogP contribution in [-0.2, 0) is 9.59 Å². The van der Waals surface area contributed by atoms with Crippen LogP contribution in [0.25, 0.3) is 6.08 Å². The third kappa shape index (κ3) is 6.73. The summed E-state index contributed by atoms with van der Waals surface area (Å²) in [5.41, 5.74) is 2.13. The summed E-state index contributed by atoms with van der Waals surface area (Å²) in [6.07, 6.45) is 3.97. The Balaban J connectivity index is 2.34. The molecule has 0 heterocycles. The number of rotatable bonds is 7. The highest BCUT2D eigenvalue weighted by Gasteiger charge is 2.06. The molecule has 20 heavy (non-hydrogen) atoms. The first-order chi connectivity index (χ1) is 9.47. The molecule has 1 aromatic carbocycles. The number of hydrogen-bond donors (Lipinski definition) is 2. The quantitative estimate of drug-likeness (QED) is 0.752. The first-order valence-corrected chi connectivity index (χ1v) is 6.71. The Morgan fingerprint density at radius 2 is 2.15 bits per heavy atom. The summed E-state index contributed by atoms with van der Waals surface area (Å²) in [5.74, 6) is -0.807. The maximum absolute atomic E-state index is 11.6. The Bertz CT molecular complexity index is 494. The maximum atomic E-state index is 11.6. The van der Waals surface area contributed by atoms with Crippen molar-refractivity contribution in [2.24, 2.45) is 5.92 Å². The fraction of sp³-hybridized carbons (Fsp3) is 0.375. The fourth-order valence-corrected chi connectivity index (χ4v) is 1.75. The van der Waals surface area contributed by atoms with Gasteiger partial charge in [0.15, 0.2) is 0 Å². The molecule has 0 aliphatic carbocycles. The lowest BCUT2D eigenvalue weighted by Gasteiger charge is -2.09. The maximum Gasteiger partial charge on any atom is 0.303 e. The largest absolute Gasteiger partial charge is 0.481 e. The fourth-order valence-electron chi connectivity index (χ4n) is 1.75. The van der Waals surface area contributed by atoms with Gasteiger partial charge in [-0.1, -0.05) is 36.8 Å². The summed E-state index contributed by atoms with van der Waals surface area (Å²) in [6.45, 7) is 4.42. The average molecular weight is 275 g/mol. The van der Waals surface area contributed by atoms with E-state index in [4.69, 9.17) is 5.11 Å². The zero-order chi connectivity index (χ0) is 15.0. The lowest BCUT2D eigenvalue weighted by atomic mass is 10.1. The molecular weight excluding hydrogens is 254 g/mol. The van der Waals surface area contributed by atoms with E-state index >= 15 is 0 Å². The van der Waals surface area contributed by atoms with Gasteiger partial charge >= 0.3 is 5.97 Å². The Kier molecular flexibility index (Phi) is 6.50. The van der Waals surface area contributed by atoms with E-state index in [-0.39, 0.29) is 18.2 Å². The number of nitrogens with one attached hydrogen (secondary N) is 1. The van der Waals surface area contributed by atoms with Gasteiger partial charge in [0.2, 0.25) is 5.91 Å². The standard InChI is InChI=1S/C16H21NO3/c1-12-4-3-5-14(10-12)7-8-15(18)17-11-13(2)6-9-16(19)20/h3-5,7-8,10,13H,6,9,11H2,1-2H3,(H,17,18)(H,19,20)/b8-7+. The number of carboxylic acids is 1. The van der Waals surface area contributed by atoms with Crippen molar-refractivity contribution < 1.29 is 14.7 Å². The van der Waals surface area contributed by atoms with Gasteiger partial charge in [-0.05, 0) is 30.9 Å². The second kappa shape index (κ2) is 8.15. The van der Waals surface area contributed by atoms with E-state index in [0.29, 0.717) is 13.0 Å². The molecule has 1 atom stereocenters. The normalized spacial score (nSPS) is 12.3. The summed E-state index contributed by atoms with van der Waals surface area (Å²) in [7, 11) is 0. The molecule has 0 radical (unpaired) electrons. The van der Waals surface area contributed by atoms with E-state index in [0.717, 1.165) is 11.1 Å². The van der Waals surface area contributed by atoms with Crippen molar-refractivity contribution in [1.82, 2.24) is 5.32 Å². The second-order valence-corrected chi connectivity index (χ2v) is 5.03. The molecule has 2 N–H and O–H groups in total. The molecule has 108 valence electrons. The first-order valence-electron chi connectivity index (χ1n) is 6.71. The van der Waals surface area contributed by atoms with Crippen LogP contribution in [0.1, 0.15) is 30.9 Å². The van der Waals surface area contributed by atoms with Crippen LogP contribution in [0.2, 0.25) is 0 Å². The smallest absolute Gasteiger partial charge is 0.303 e. The Morgan fingerprint density at radius 3 is 2.80 bits per heavy atom. The van der Waals surface area contributed by atoms with Gasteiger partial charge < -0.3 is 10.4 Å². The molecule has 0 saturated heterocycles. The van der Waals surface area contributed by atoms with Crippen LogP contribution in [0.4, 0.5) is 0 Å². The highest BCUT2D eigenvalue weighted by Crippen LogP contribution is 2.06. The minimum atomic E-state index is -0.803. The highest BCUT2D eigenvalue weighted by atomic mass is 16.4. The number of hydrogen-bond acceptors (Lipinski definition) is 2. The van der Waals surface area contributed by atoms with Crippen LogP contribution >= 0.6 is 0 Å². The zero-order valence-corrected chi connectivity index (χ0v) is 11.9. The van der Waals surface area contributed by atoms with E-state index in [1.807, 2.05) is 38.1 Å². The number of aliphatic carboxylic acids is 1. The van der Waals surface area contributed by atoms with E-state index in [1.54, 1.807) is 6.08 Å². The average Bonchev–Trinajstić information content (AvgIpc) is 2.40. The molecule has 1 unspecified atom stereocenters. The minimum absolute atomic E-state index is 0.135. The number of benzene rings is 1. The van der Waals surface area contributed by atoms with Crippen LogP contribution in [0, 0.1) is 12.8 Å². The van der Waals surface area contributed by atoms with Crippen LogP contribution in [0.3, 0.4) is 0 Å². The van der Waals surface area contributed by atoms with E-state index in [9.17, 15) is 9.59 Å². The first kappa shape index (κ1) is 16.0. The molecule has 0 aliphatic rings. The second-order valence-electron chi connectivity index (χ2n) is 5.03. The van der Waals surface area contributed by atoms with Crippen LogP contribution < -0.4 is 5.32 Å². The molecule has 4 heteroatoms. The van der Waals surface area contributed by atoms with Crippen molar-refractivity contribution >= 4 is 18.0 Å². The van der Waals surface area contributed by atoms with Gasteiger partial charge in [0.25, 0.3) is 0 Å². The van der Waals surface area contributed by atoms with E-state index in [2.05, 4.69) is 5.32 Å². The molecular formula is C16H21NO3. The van der Waals surface area contributed by atoms with Gasteiger partial charge in [-0.2, -0.15) is 0 Å². The van der Waals surface area contributed by atoms with Crippen molar-refractivity contribution in [2.45, 2.75) is 26.7 Å². The molecule has 1 aromatic rings. The van der Waals surface area contributed by atoms with Crippen molar-refractivity contribution in [3.05, 3.63) is 41.5 Å². The van der Waals surface area contributed by atoms with Crippen molar-refractivity contribution in [1.29, 1.82) is 0 Å². The molecule has 1 amide bonds. The number of carboxylic acid groups (broad SMARTS) is 1. The van der Waals surface area contributed by atoms with Gasteiger partial charge in [0.05, 0.1) is 0 Å². The minimum Gasteiger partial charge on any atom is -0.481 e. The topological polar surface area (TPSA) is 66.4 Å². The molecule has 4 nitrogen and oxygen atoms in total. The van der Waals surface area contributed by atoms with E-state index < -0.39 is 5.97 Å². The monoisotopic (exact) mass is 275 g/mol. The van der Waals surface area contributed by atoms with Gasteiger partial charge in [-0.3, -0.25) is 9.59 Å². The van der Waals surface area contributed by atoms with Gasteiger partial charge in [-0.25, -0.2) is 0 Å². The van der Waals surface area contributed by atoms with Crippen LogP contribution in [0.5, 0.6) is 0 Å². The SMILES string of the molecule is Cc1cccc(/C=C/C(=O)NCC(C)CCC(=O)O)c1. The predicted molar refractivity (Wildman–Crippen MR) is 79.3 cm³/mol. The Labute approximate surface area is 119 Å². The molecule has 0 aliphatic heterocycles. The van der Waals surface area contributed by atoms with E-state index in [1.165, 1.54) is 6.08 Å². The lowest BCUT2D eigenvalue weighted by Crippen LogP contribution is -2.26. The molecule has 0 aromatic heterocycles. The summed E-state index contributed by atoms with van der Waals surface area (Å²) >= 11 is 0. The number of carbonyl (C=O) groups is 2. The van der Waals surface area contributed by atoms with Crippen molar-refractivity contribution in [2.75, 3.05) is 6.54 Å². The van der Waals surface area contributed by atoms with Crippen LogP contribution in [0.15, 0.2) is 30.3 Å². The molecule has 0 fully saturated rings. The Morgan fingerprint density at radius 1 is 1.40 bits per heavy atom. The lowest BCUT2D eigenvalue weighted by molar-refractivity contribution is -0.137. The summed E-state index contributed by atoms with van der Waals surface area (Å²) in [5, 5.41) is 11.3. The van der Waals surface area contributed by atoms with Crippen molar-refractivity contribution in [3.8, 4) is 0 Å². The zero-order valence-electron chi connectivity index (χ0n) is 11.9.